The molecule has 0 saturated heterocycles. The number of rotatable bonds is 6. The van der Waals surface area contributed by atoms with Crippen LogP contribution < -0.4 is 11.1 Å². The zero-order valence-electron chi connectivity index (χ0n) is 9.27. The number of halogens is 1. The Labute approximate surface area is 112 Å². The molecule has 0 aliphatic rings. The molecule has 0 radical (unpaired) electrons. The van der Waals surface area contributed by atoms with E-state index in [1.165, 1.54) is 4.88 Å². The van der Waals surface area contributed by atoms with E-state index in [1.54, 1.807) is 16.0 Å². The largest absolute Gasteiger partial charge is 0.329 e. The second-order valence-corrected chi connectivity index (χ2v) is 6.12. The lowest BCUT2D eigenvalue weighted by Crippen LogP contribution is -2.12. The minimum Gasteiger partial charge on any atom is -0.329 e. The summed E-state index contributed by atoms with van der Waals surface area (Å²) < 4.78 is 2.92. The van der Waals surface area contributed by atoms with E-state index in [2.05, 4.69) is 43.7 Å². The molecule has 2 aromatic rings. The molecule has 0 aromatic carbocycles. The molecule has 0 amide bonds. The van der Waals surface area contributed by atoms with Gasteiger partial charge in [-0.15, -0.1) is 16.4 Å². The lowest BCUT2D eigenvalue weighted by atomic mass is 10.4. The lowest BCUT2D eigenvalue weighted by Gasteiger charge is -1.98. The summed E-state index contributed by atoms with van der Waals surface area (Å²) in [5.74, 6) is 0. The summed E-state index contributed by atoms with van der Waals surface area (Å²) in [6.45, 7) is 2.87. The number of nitrogens with two attached hydrogens (primary N) is 1. The van der Waals surface area contributed by atoms with Gasteiger partial charge in [-0.25, -0.2) is 0 Å². The van der Waals surface area contributed by atoms with E-state index in [0.717, 1.165) is 22.6 Å². The highest BCUT2D eigenvalue weighted by Crippen LogP contribution is 2.21. The molecule has 0 bridgehead atoms. The Morgan fingerprint density at radius 2 is 2.29 bits per heavy atom. The van der Waals surface area contributed by atoms with E-state index in [1.807, 2.05) is 6.20 Å². The monoisotopic (exact) mass is 315 g/mol. The summed E-state index contributed by atoms with van der Waals surface area (Å²) in [5.41, 5.74) is 6.38. The molecule has 2 rings (SSSR count). The lowest BCUT2D eigenvalue weighted by molar-refractivity contribution is 0.598. The first kappa shape index (κ1) is 12.7. The average Bonchev–Trinajstić information content (AvgIpc) is 2.89. The van der Waals surface area contributed by atoms with Crippen molar-refractivity contribution in [3.05, 3.63) is 32.7 Å². The maximum absolute atomic E-state index is 5.44. The fourth-order valence-electron chi connectivity index (χ4n) is 1.42. The quantitative estimate of drug-likeness (QED) is 0.844. The molecule has 0 saturated carbocycles. The number of hydrogen-bond donors (Lipinski definition) is 2. The van der Waals surface area contributed by atoms with Gasteiger partial charge in [-0.3, -0.25) is 4.68 Å². The van der Waals surface area contributed by atoms with Crippen molar-refractivity contribution in [2.24, 2.45) is 5.73 Å². The van der Waals surface area contributed by atoms with Crippen LogP contribution in [0.1, 0.15) is 10.6 Å². The fraction of sp³-hybridized carbons (Fsp3) is 0.400. The van der Waals surface area contributed by atoms with Crippen LogP contribution in [-0.2, 0) is 19.6 Å². The first-order chi connectivity index (χ1) is 8.28. The Hall–Kier alpha value is -0.760. The van der Waals surface area contributed by atoms with Crippen LogP contribution in [0, 0.1) is 0 Å². The number of aromatic nitrogens is 3. The molecular formula is C10H14BrN5S. The van der Waals surface area contributed by atoms with Crippen LogP contribution in [-0.4, -0.2) is 21.5 Å². The molecule has 2 heterocycles. The van der Waals surface area contributed by atoms with Gasteiger partial charge in [-0.1, -0.05) is 5.21 Å². The molecule has 0 unspecified atom stereocenters. The van der Waals surface area contributed by atoms with Gasteiger partial charge in [0.1, 0.15) is 0 Å². The van der Waals surface area contributed by atoms with Gasteiger partial charge in [0.05, 0.1) is 16.0 Å². The van der Waals surface area contributed by atoms with E-state index < -0.39 is 0 Å². The van der Waals surface area contributed by atoms with Gasteiger partial charge >= 0.3 is 0 Å². The van der Waals surface area contributed by atoms with E-state index in [-0.39, 0.29) is 0 Å². The molecule has 0 fully saturated rings. The van der Waals surface area contributed by atoms with Crippen molar-refractivity contribution in [3.8, 4) is 0 Å². The van der Waals surface area contributed by atoms with Crippen LogP contribution in [0.5, 0.6) is 0 Å². The van der Waals surface area contributed by atoms with Crippen molar-refractivity contribution in [3.63, 3.8) is 0 Å². The van der Waals surface area contributed by atoms with Crippen molar-refractivity contribution in [2.45, 2.75) is 19.6 Å². The van der Waals surface area contributed by atoms with E-state index in [4.69, 9.17) is 5.73 Å². The molecule has 0 aliphatic heterocycles. The Balaban J connectivity index is 1.77. The second-order valence-electron chi connectivity index (χ2n) is 3.57. The summed E-state index contributed by atoms with van der Waals surface area (Å²) in [4.78, 5) is 1.30. The zero-order chi connectivity index (χ0) is 12.1. The van der Waals surface area contributed by atoms with Gasteiger partial charge in [-0.2, -0.15) is 0 Å². The highest BCUT2D eigenvalue weighted by atomic mass is 79.9. The van der Waals surface area contributed by atoms with Crippen LogP contribution in [0.25, 0.3) is 0 Å². The Bertz CT molecular complexity index is 467. The molecular weight excluding hydrogens is 302 g/mol. The predicted molar refractivity (Wildman–Crippen MR) is 71.6 cm³/mol. The van der Waals surface area contributed by atoms with E-state index in [9.17, 15) is 0 Å². The highest BCUT2D eigenvalue weighted by Gasteiger charge is 2.01. The van der Waals surface area contributed by atoms with Crippen LogP contribution in [0.3, 0.4) is 0 Å². The van der Waals surface area contributed by atoms with Crippen molar-refractivity contribution < 1.29 is 0 Å². The number of nitrogens with zero attached hydrogens (tertiary/aromatic N) is 3. The smallest absolute Gasteiger partial charge is 0.0964 e. The van der Waals surface area contributed by atoms with Crippen LogP contribution in [0.2, 0.25) is 0 Å². The molecule has 17 heavy (non-hydrogen) atoms. The van der Waals surface area contributed by atoms with Gasteiger partial charge in [-0.05, 0) is 28.1 Å². The summed E-state index contributed by atoms with van der Waals surface area (Å²) in [6.07, 6.45) is 1.92. The van der Waals surface area contributed by atoms with Gasteiger partial charge in [0, 0.05) is 30.7 Å². The first-order valence-corrected chi connectivity index (χ1v) is 6.93. The van der Waals surface area contributed by atoms with Gasteiger partial charge < -0.3 is 11.1 Å². The summed E-state index contributed by atoms with van der Waals surface area (Å²) >= 11 is 5.18. The second kappa shape index (κ2) is 6.25. The summed E-state index contributed by atoms with van der Waals surface area (Å²) in [6, 6.07) is 4.16. The van der Waals surface area contributed by atoms with E-state index >= 15 is 0 Å². The topological polar surface area (TPSA) is 68.8 Å². The summed E-state index contributed by atoms with van der Waals surface area (Å²) in [7, 11) is 0. The Morgan fingerprint density at radius 3 is 3.00 bits per heavy atom. The van der Waals surface area contributed by atoms with Crippen LogP contribution >= 0.6 is 27.3 Å². The predicted octanol–water partition coefficient (Wildman–Crippen LogP) is 1.35. The molecule has 0 atom stereocenters. The Kier molecular flexibility index (Phi) is 4.66. The maximum atomic E-state index is 5.44. The molecule has 3 N–H and O–H groups in total. The number of nitrogens with one attached hydrogen (secondary N) is 1. The van der Waals surface area contributed by atoms with Gasteiger partial charge in [0.2, 0.25) is 0 Å². The minimum atomic E-state index is 0.583. The first-order valence-electron chi connectivity index (χ1n) is 5.32. The van der Waals surface area contributed by atoms with E-state index in [0.29, 0.717) is 13.1 Å². The maximum Gasteiger partial charge on any atom is 0.0964 e. The standard InChI is InChI=1S/C10H14BrN5S/c11-10-2-1-9(17-10)6-13-5-8-7-16(4-3-12)15-14-8/h1-2,7,13H,3-6,12H2. The SMILES string of the molecule is NCCn1cc(CNCc2ccc(Br)s2)nn1. The van der Waals surface area contributed by atoms with Crippen molar-refractivity contribution in [2.75, 3.05) is 6.54 Å². The van der Waals surface area contributed by atoms with Gasteiger partial charge in [0.25, 0.3) is 0 Å². The number of thiophene rings is 1. The normalized spacial score (nSPS) is 10.9. The Morgan fingerprint density at radius 1 is 1.41 bits per heavy atom. The third kappa shape index (κ3) is 3.88. The number of hydrogen-bond acceptors (Lipinski definition) is 5. The van der Waals surface area contributed by atoms with Gasteiger partial charge in [0.15, 0.2) is 0 Å². The van der Waals surface area contributed by atoms with Crippen molar-refractivity contribution in [1.82, 2.24) is 20.3 Å². The third-order valence-corrected chi connectivity index (χ3v) is 3.80. The van der Waals surface area contributed by atoms with Crippen molar-refractivity contribution >= 4 is 27.3 Å². The van der Waals surface area contributed by atoms with Crippen molar-refractivity contribution in [1.29, 1.82) is 0 Å². The van der Waals surface area contributed by atoms with Crippen LogP contribution in [0.4, 0.5) is 0 Å². The molecule has 0 spiro atoms. The third-order valence-electron chi connectivity index (χ3n) is 2.18. The minimum absolute atomic E-state index is 0.583. The fourth-order valence-corrected chi connectivity index (χ4v) is 2.87. The molecule has 0 aliphatic carbocycles. The molecule has 7 heteroatoms. The summed E-state index contributed by atoms with van der Waals surface area (Å²) in [5, 5.41) is 11.4. The average molecular weight is 316 g/mol. The molecule has 5 nitrogen and oxygen atoms in total. The zero-order valence-corrected chi connectivity index (χ0v) is 11.7. The highest BCUT2D eigenvalue weighted by molar-refractivity contribution is 9.11. The van der Waals surface area contributed by atoms with Crippen LogP contribution in [0.15, 0.2) is 22.1 Å². The molecule has 2 aromatic heterocycles. The molecule has 92 valence electrons.